The molecule has 23 heavy (non-hydrogen) atoms. The molecule has 0 aliphatic rings. The van der Waals surface area contributed by atoms with Crippen molar-refractivity contribution in [3.63, 3.8) is 0 Å². The molecule has 1 amide bonds. The highest BCUT2D eigenvalue weighted by atomic mass is 16.2. The molecule has 1 unspecified atom stereocenters. The summed E-state index contributed by atoms with van der Waals surface area (Å²) in [6, 6.07) is 13.0. The number of aryl methyl sites for hydroxylation is 1. The predicted molar refractivity (Wildman–Crippen MR) is 88.5 cm³/mol. The lowest BCUT2D eigenvalue weighted by Crippen LogP contribution is -2.33. The fourth-order valence-electron chi connectivity index (χ4n) is 2.40. The molecule has 3 rings (SSSR count). The van der Waals surface area contributed by atoms with Crippen molar-refractivity contribution in [1.29, 1.82) is 0 Å². The van der Waals surface area contributed by atoms with Crippen molar-refractivity contribution in [1.82, 2.24) is 14.7 Å². The van der Waals surface area contributed by atoms with Gasteiger partial charge in [0.1, 0.15) is 11.2 Å². The van der Waals surface area contributed by atoms with Crippen LogP contribution in [0.15, 0.2) is 59.7 Å². The second-order valence-corrected chi connectivity index (χ2v) is 5.51. The normalized spacial score (nSPS) is 12.1. The molecule has 2 aromatic heterocycles. The van der Waals surface area contributed by atoms with Gasteiger partial charge in [0.05, 0.1) is 6.04 Å². The zero-order chi connectivity index (χ0) is 16.4. The van der Waals surface area contributed by atoms with Gasteiger partial charge in [-0.05, 0) is 31.5 Å². The lowest BCUT2D eigenvalue weighted by atomic mass is 10.1. The number of pyridine rings is 1. The molecule has 0 aliphatic carbocycles. The number of carbonyl (C=O) groups excluding carboxylic acids is 1. The van der Waals surface area contributed by atoms with Crippen molar-refractivity contribution in [3.8, 4) is 0 Å². The molecule has 0 spiro atoms. The molecule has 1 N–H and O–H groups in total. The van der Waals surface area contributed by atoms with Crippen molar-refractivity contribution in [2.75, 3.05) is 0 Å². The molecule has 3 aromatic rings. The second-order valence-electron chi connectivity index (χ2n) is 5.51. The van der Waals surface area contributed by atoms with E-state index in [2.05, 4.69) is 10.3 Å². The Morgan fingerprint density at radius 1 is 1.17 bits per heavy atom. The summed E-state index contributed by atoms with van der Waals surface area (Å²) in [5.74, 6) is -0.422. The van der Waals surface area contributed by atoms with Gasteiger partial charge in [-0.1, -0.05) is 35.9 Å². The van der Waals surface area contributed by atoms with Crippen LogP contribution >= 0.6 is 0 Å². The smallest absolute Gasteiger partial charge is 0.270 e. The number of carbonyl (C=O) groups is 1. The number of fused-ring (bicyclic) bond motifs is 1. The standard InChI is InChI=1S/C18H17N3O2/c1-12-6-8-14(9-7-12)13(2)20-17(22)15-11-19-16-5-3-4-10-21(16)18(15)23/h3-11,13H,1-2H3,(H,20,22). The first-order valence-corrected chi connectivity index (χ1v) is 7.40. The molecule has 2 heterocycles. The Kier molecular flexibility index (Phi) is 3.93. The van der Waals surface area contributed by atoms with Crippen LogP contribution in [0.25, 0.3) is 5.65 Å². The first kappa shape index (κ1) is 15.0. The van der Waals surface area contributed by atoms with Gasteiger partial charge in [0.2, 0.25) is 0 Å². The molecule has 0 aliphatic heterocycles. The number of aromatic nitrogens is 2. The van der Waals surface area contributed by atoms with Crippen molar-refractivity contribution >= 4 is 11.6 Å². The highest BCUT2D eigenvalue weighted by molar-refractivity contribution is 5.94. The van der Waals surface area contributed by atoms with E-state index < -0.39 is 5.91 Å². The fourth-order valence-corrected chi connectivity index (χ4v) is 2.40. The van der Waals surface area contributed by atoms with Crippen LogP contribution in [0.5, 0.6) is 0 Å². The van der Waals surface area contributed by atoms with Crippen LogP contribution < -0.4 is 10.9 Å². The monoisotopic (exact) mass is 307 g/mol. The van der Waals surface area contributed by atoms with Crippen LogP contribution in [-0.4, -0.2) is 15.3 Å². The van der Waals surface area contributed by atoms with E-state index in [1.54, 1.807) is 24.4 Å². The summed E-state index contributed by atoms with van der Waals surface area (Å²) in [5, 5.41) is 2.85. The van der Waals surface area contributed by atoms with Crippen LogP contribution in [-0.2, 0) is 0 Å². The Morgan fingerprint density at radius 2 is 1.91 bits per heavy atom. The van der Waals surface area contributed by atoms with E-state index in [0.717, 1.165) is 11.1 Å². The predicted octanol–water partition coefficient (Wildman–Crippen LogP) is 2.49. The molecule has 0 saturated heterocycles. The van der Waals surface area contributed by atoms with E-state index in [1.165, 1.54) is 10.6 Å². The van der Waals surface area contributed by atoms with Crippen LogP contribution in [0.1, 0.15) is 34.5 Å². The summed E-state index contributed by atoms with van der Waals surface area (Å²) in [4.78, 5) is 28.9. The third kappa shape index (κ3) is 2.99. The maximum Gasteiger partial charge on any atom is 0.270 e. The summed E-state index contributed by atoms with van der Waals surface area (Å²) in [7, 11) is 0. The van der Waals surface area contributed by atoms with Gasteiger partial charge in [-0.3, -0.25) is 14.0 Å². The van der Waals surface area contributed by atoms with E-state index >= 15 is 0 Å². The SMILES string of the molecule is Cc1ccc(C(C)NC(=O)c2cnc3ccccn3c2=O)cc1. The number of hydrogen-bond donors (Lipinski definition) is 1. The van der Waals surface area contributed by atoms with Crippen molar-refractivity contribution < 1.29 is 4.79 Å². The number of nitrogens with zero attached hydrogens (tertiary/aromatic N) is 2. The highest BCUT2D eigenvalue weighted by Gasteiger charge is 2.16. The van der Waals surface area contributed by atoms with Gasteiger partial charge in [0, 0.05) is 12.4 Å². The van der Waals surface area contributed by atoms with Gasteiger partial charge in [-0.25, -0.2) is 4.98 Å². The van der Waals surface area contributed by atoms with Gasteiger partial charge in [0.15, 0.2) is 0 Å². The van der Waals surface area contributed by atoms with Gasteiger partial charge in [0.25, 0.3) is 11.5 Å². The van der Waals surface area contributed by atoms with Crippen molar-refractivity contribution in [2.45, 2.75) is 19.9 Å². The van der Waals surface area contributed by atoms with Gasteiger partial charge >= 0.3 is 0 Å². The van der Waals surface area contributed by atoms with Gasteiger partial charge in [-0.15, -0.1) is 0 Å². The molecule has 0 bridgehead atoms. The Morgan fingerprint density at radius 3 is 2.65 bits per heavy atom. The minimum absolute atomic E-state index is 0.0349. The number of hydrogen-bond acceptors (Lipinski definition) is 3. The summed E-state index contributed by atoms with van der Waals surface area (Å²) >= 11 is 0. The molecule has 5 nitrogen and oxygen atoms in total. The first-order valence-electron chi connectivity index (χ1n) is 7.40. The number of amides is 1. The summed E-state index contributed by atoms with van der Waals surface area (Å²) in [5.41, 5.74) is 2.32. The lowest BCUT2D eigenvalue weighted by molar-refractivity contribution is 0.0938. The second kappa shape index (κ2) is 6.04. The number of nitrogens with one attached hydrogen (secondary N) is 1. The average molecular weight is 307 g/mol. The average Bonchev–Trinajstić information content (AvgIpc) is 2.56. The van der Waals surface area contributed by atoms with Crippen LogP contribution in [0, 0.1) is 6.92 Å². The van der Waals surface area contributed by atoms with E-state index in [4.69, 9.17) is 0 Å². The summed E-state index contributed by atoms with van der Waals surface area (Å²) < 4.78 is 1.37. The van der Waals surface area contributed by atoms with E-state index in [0.29, 0.717) is 5.65 Å². The summed E-state index contributed by atoms with van der Waals surface area (Å²) in [6.45, 7) is 3.89. The maximum atomic E-state index is 12.4. The maximum absolute atomic E-state index is 12.4. The number of rotatable bonds is 3. The van der Waals surface area contributed by atoms with Crippen LogP contribution in [0.2, 0.25) is 0 Å². The molecule has 5 heteroatoms. The van der Waals surface area contributed by atoms with E-state index in [-0.39, 0.29) is 17.2 Å². The minimum Gasteiger partial charge on any atom is -0.345 e. The van der Waals surface area contributed by atoms with Crippen molar-refractivity contribution in [2.24, 2.45) is 0 Å². The van der Waals surface area contributed by atoms with Crippen LogP contribution in [0.4, 0.5) is 0 Å². The van der Waals surface area contributed by atoms with Gasteiger partial charge in [-0.2, -0.15) is 0 Å². The largest absolute Gasteiger partial charge is 0.345 e. The Bertz CT molecular complexity index is 913. The minimum atomic E-state index is -0.422. The zero-order valence-corrected chi connectivity index (χ0v) is 13.0. The fraction of sp³-hybridized carbons (Fsp3) is 0.167. The quantitative estimate of drug-likeness (QED) is 0.808. The Hall–Kier alpha value is -2.95. The third-order valence-electron chi connectivity index (χ3n) is 3.78. The lowest BCUT2D eigenvalue weighted by Gasteiger charge is -2.14. The zero-order valence-electron chi connectivity index (χ0n) is 13.0. The molecule has 0 saturated carbocycles. The molecule has 116 valence electrons. The van der Waals surface area contributed by atoms with Crippen molar-refractivity contribution in [3.05, 3.63) is 81.9 Å². The molecular formula is C18H17N3O2. The number of benzene rings is 1. The van der Waals surface area contributed by atoms with Crippen LogP contribution in [0.3, 0.4) is 0 Å². The summed E-state index contributed by atoms with van der Waals surface area (Å²) in [6.07, 6.45) is 2.93. The van der Waals surface area contributed by atoms with E-state index in [1.807, 2.05) is 38.1 Å². The Balaban J connectivity index is 1.87. The third-order valence-corrected chi connectivity index (χ3v) is 3.78. The van der Waals surface area contributed by atoms with Gasteiger partial charge < -0.3 is 5.32 Å². The van der Waals surface area contributed by atoms with E-state index in [9.17, 15) is 9.59 Å². The molecule has 1 aromatic carbocycles. The first-order chi connectivity index (χ1) is 11.1. The molecular weight excluding hydrogens is 290 g/mol. The Labute approximate surface area is 133 Å². The molecule has 1 atom stereocenters. The topological polar surface area (TPSA) is 63.5 Å². The molecule has 0 fully saturated rings. The molecule has 0 radical (unpaired) electrons. The highest BCUT2D eigenvalue weighted by Crippen LogP contribution is 2.13.